The number of fused-ring (bicyclic) bond motifs is 1. The van der Waals surface area contributed by atoms with Crippen LogP contribution in [0.5, 0.6) is 5.75 Å². The molecule has 0 fully saturated rings. The third-order valence-electron chi connectivity index (χ3n) is 4.51. The van der Waals surface area contributed by atoms with Crippen LogP contribution < -0.4 is 10.1 Å². The number of rotatable bonds is 5. The molecule has 0 saturated heterocycles. The summed E-state index contributed by atoms with van der Waals surface area (Å²) < 4.78 is 5.24. The molecule has 138 valence electrons. The van der Waals surface area contributed by atoms with E-state index in [1.165, 1.54) is 0 Å². The predicted molar refractivity (Wildman–Crippen MR) is 109 cm³/mol. The molecule has 4 rings (SSSR count). The predicted octanol–water partition coefficient (Wildman–Crippen LogP) is 4.24. The van der Waals surface area contributed by atoms with Gasteiger partial charge in [0.1, 0.15) is 5.75 Å². The van der Waals surface area contributed by atoms with Crippen molar-refractivity contribution in [1.82, 2.24) is 15.3 Å². The van der Waals surface area contributed by atoms with Gasteiger partial charge in [0.25, 0.3) is 5.91 Å². The second-order valence-electron chi connectivity index (χ2n) is 6.35. The minimum absolute atomic E-state index is 0.166. The van der Waals surface area contributed by atoms with E-state index in [4.69, 9.17) is 9.72 Å². The average molecular weight is 369 g/mol. The molecule has 1 N–H and O–H groups in total. The number of benzene rings is 2. The molecule has 2 aromatic heterocycles. The average Bonchev–Trinajstić information content (AvgIpc) is 2.77. The molecular weight excluding hydrogens is 350 g/mol. The van der Waals surface area contributed by atoms with Gasteiger partial charge in [-0.2, -0.15) is 0 Å². The van der Waals surface area contributed by atoms with E-state index in [0.29, 0.717) is 12.1 Å². The molecule has 2 heterocycles. The fourth-order valence-electron chi connectivity index (χ4n) is 3.07. The number of carbonyl (C=O) groups excluding carboxylic acids is 1. The number of carbonyl (C=O) groups is 1. The number of aromatic nitrogens is 2. The fraction of sp³-hybridized carbons (Fsp3) is 0.0870. The van der Waals surface area contributed by atoms with E-state index < -0.39 is 0 Å². The van der Waals surface area contributed by atoms with Crippen molar-refractivity contribution >= 4 is 16.8 Å². The second-order valence-corrected chi connectivity index (χ2v) is 6.35. The molecule has 0 atom stereocenters. The molecule has 0 aliphatic rings. The summed E-state index contributed by atoms with van der Waals surface area (Å²) in [6, 6.07) is 21.1. The lowest BCUT2D eigenvalue weighted by Crippen LogP contribution is -2.23. The van der Waals surface area contributed by atoms with E-state index in [2.05, 4.69) is 10.3 Å². The van der Waals surface area contributed by atoms with Crippen LogP contribution in [0, 0.1) is 0 Å². The molecule has 1 amide bonds. The summed E-state index contributed by atoms with van der Waals surface area (Å²) in [5.74, 6) is 0.595. The minimum Gasteiger partial charge on any atom is -0.497 e. The Bertz CT molecular complexity index is 1130. The molecular formula is C23H19N3O2. The standard InChI is InChI=1S/C23H19N3O2/c1-28-18-9-5-6-16(12-18)14-25-23(27)19-13-22(17-7-3-2-4-8-17)26-21-10-11-24-15-20(19)21/h2-13,15H,14H2,1H3,(H,25,27). The van der Waals surface area contributed by atoms with Gasteiger partial charge in [-0.15, -0.1) is 0 Å². The smallest absolute Gasteiger partial charge is 0.252 e. The van der Waals surface area contributed by atoms with Crippen LogP contribution in [0.1, 0.15) is 15.9 Å². The molecule has 5 heteroatoms. The summed E-state index contributed by atoms with van der Waals surface area (Å²) in [6.45, 7) is 0.404. The Hall–Kier alpha value is -3.73. The molecule has 0 radical (unpaired) electrons. The summed E-state index contributed by atoms with van der Waals surface area (Å²) >= 11 is 0. The lowest BCUT2D eigenvalue weighted by atomic mass is 10.0. The van der Waals surface area contributed by atoms with Gasteiger partial charge < -0.3 is 10.1 Å². The first-order valence-electron chi connectivity index (χ1n) is 8.96. The van der Waals surface area contributed by atoms with Gasteiger partial charge in [-0.25, -0.2) is 4.98 Å². The first-order chi connectivity index (χ1) is 13.7. The maximum Gasteiger partial charge on any atom is 0.252 e. The van der Waals surface area contributed by atoms with Gasteiger partial charge in [0.2, 0.25) is 0 Å². The van der Waals surface area contributed by atoms with E-state index in [9.17, 15) is 4.79 Å². The van der Waals surface area contributed by atoms with Gasteiger partial charge in [0, 0.05) is 29.9 Å². The molecule has 0 spiro atoms. The number of hydrogen-bond donors (Lipinski definition) is 1. The molecule has 5 nitrogen and oxygen atoms in total. The highest BCUT2D eigenvalue weighted by Crippen LogP contribution is 2.24. The van der Waals surface area contributed by atoms with Crippen molar-refractivity contribution in [2.45, 2.75) is 6.54 Å². The van der Waals surface area contributed by atoms with Crippen LogP contribution in [0.3, 0.4) is 0 Å². The van der Waals surface area contributed by atoms with E-state index in [1.54, 1.807) is 19.5 Å². The quantitative estimate of drug-likeness (QED) is 0.572. The third kappa shape index (κ3) is 3.69. The number of nitrogens with one attached hydrogen (secondary N) is 1. The number of amides is 1. The van der Waals surface area contributed by atoms with Gasteiger partial charge in [-0.05, 0) is 29.8 Å². The summed E-state index contributed by atoms with van der Waals surface area (Å²) in [6.07, 6.45) is 3.36. The van der Waals surface area contributed by atoms with Gasteiger partial charge in [0.05, 0.1) is 23.9 Å². The molecule has 2 aromatic carbocycles. The van der Waals surface area contributed by atoms with Crippen molar-refractivity contribution < 1.29 is 9.53 Å². The molecule has 0 saturated carbocycles. The highest BCUT2D eigenvalue weighted by molar-refractivity contribution is 6.06. The van der Waals surface area contributed by atoms with Crippen LogP contribution in [-0.2, 0) is 6.54 Å². The zero-order valence-corrected chi connectivity index (χ0v) is 15.4. The van der Waals surface area contributed by atoms with E-state index in [-0.39, 0.29) is 5.91 Å². The topological polar surface area (TPSA) is 64.1 Å². The van der Waals surface area contributed by atoms with Crippen LogP contribution in [0.2, 0.25) is 0 Å². The lowest BCUT2D eigenvalue weighted by Gasteiger charge is -2.11. The van der Waals surface area contributed by atoms with Gasteiger partial charge in [-0.3, -0.25) is 9.78 Å². The number of nitrogens with zero attached hydrogens (tertiary/aromatic N) is 2. The highest BCUT2D eigenvalue weighted by atomic mass is 16.5. The molecule has 28 heavy (non-hydrogen) atoms. The Kier molecular flexibility index (Phi) is 4.97. The molecule has 0 aliphatic heterocycles. The van der Waals surface area contributed by atoms with Crippen molar-refractivity contribution in [3.05, 3.63) is 90.3 Å². The fourth-order valence-corrected chi connectivity index (χ4v) is 3.07. The van der Waals surface area contributed by atoms with Crippen molar-refractivity contribution in [2.24, 2.45) is 0 Å². The van der Waals surface area contributed by atoms with Crippen molar-refractivity contribution in [1.29, 1.82) is 0 Å². The zero-order valence-electron chi connectivity index (χ0n) is 15.4. The highest BCUT2D eigenvalue weighted by Gasteiger charge is 2.14. The summed E-state index contributed by atoms with van der Waals surface area (Å²) in [4.78, 5) is 21.8. The second kappa shape index (κ2) is 7.88. The molecule has 4 aromatic rings. The van der Waals surface area contributed by atoms with E-state index >= 15 is 0 Å². The van der Waals surface area contributed by atoms with E-state index in [1.807, 2.05) is 66.7 Å². The Morgan fingerprint density at radius 2 is 1.89 bits per heavy atom. The number of ether oxygens (including phenoxy) is 1. The van der Waals surface area contributed by atoms with Gasteiger partial charge in [-0.1, -0.05) is 42.5 Å². The van der Waals surface area contributed by atoms with Crippen molar-refractivity contribution in [3.8, 4) is 17.0 Å². The Balaban J connectivity index is 1.67. The van der Waals surface area contributed by atoms with Crippen LogP contribution in [0.4, 0.5) is 0 Å². The SMILES string of the molecule is COc1cccc(CNC(=O)c2cc(-c3ccccc3)nc3ccncc23)c1. The summed E-state index contributed by atoms with van der Waals surface area (Å²) in [5, 5.41) is 3.71. The lowest BCUT2D eigenvalue weighted by molar-refractivity contribution is 0.0952. The Morgan fingerprint density at radius 3 is 2.71 bits per heavy atom. The maximum absolute atomic E-state index is 13.0. The molecule has 0 aliphatic carbocycles. The van der Waals surface area contributed by atoms with Crippen LogP contribution in [0.15, 0.2) is 79.1 Å². The van der Waals surface area contributed by atoms with Crippen LogP contribution in [-0.4, -0.2) is 23.0 Å². The first-order valence-corrected chi connectivity index (χ1v) is 8.96. The third-order valence-corrected chi connectivity index (χ3v) is 4.51. The normalized spacial score (nSPS) is 10.6. The summed E-state index contributed by atoms with van der Waals surface area (Å²) in [7, 11) is 1.62. The van der Waals surface area contributed by atoms with Crippen LogP contribution in [0.25, 0.3) is 22.2 Å². The molecule has 0 unspecified atom stereocenters. The minimum atomic E-state index is -0.166. The summed E-state index contributed by atoms with van der Waals surface area (Å²) in [5.41, 5.74) is 3.98. The first kappa shape index (κ1) is 17.7. The number of hydrogen-bond acceptors (Lipinski definition) is 4. The number of methoxy groups -OCH3 is 1. The van der Waals surface area contributed by atoms with Crippen molar-refractivity contribution in [3.63, 3.8) is 0 Å². The molecule has 0 bridgehead atoms. The Morgan fingerprint density at radius 1 is 1.04 bits per heavy atom. The van der Waals surface area contributed by atoms with Gasteiger partial charge in [0.15, 0.2) is 0 Å². The van der Waals surface area contributed by atoms with E-state index in [0.717, 1.165) is 33.5 Å². The Labute approximate surface area is 163 Å². The zero-order chi connectivity index (χ0) is 19.3. The van der Waals surface area contributed by atoms with Crippen LogP contribution >= 0.6 is 0 Å². The maximum atomic E-state index is 13.0. The largest absolute Gasteiger partial charge is 0.497 e. The monoisotopic (exact) mass is 369 g/mol. The number of pyridine rings is 2. The van der Waals surface area contributed by atoms with Gasteiger partial charge >= 0.3 is 0 Å². The van der Waals surface area contributed by atoms with Crippen molar-refractivity contribution in [2.75, 3.05) is 7.11 Å².